The van der Waals surface area contributed by atoms with Crippen molar-refractivity contribution in [2.45, 2.75) is 52.1 Å². The predicted molar refractivity (Wildman–Crippen MR) is 62.4 cm³/mol. The zero-order chi connectivity index (χ0) is 13.1. The number of carbonyl (C=O) groups is 2. The second-order valence-electron chi connectivity index (χ2n) is 5.09. The highest BCUT2D eigenvalue weighted by molar-refractivity contribution is 5.85. The summed E-state index contributed by atoms with van der Waals surface area (Å²) in [5.41, 5.74) is -1.55. The van der Waals surface area contributed by atoms with E-state index in [0.29, 0.717) is 0 Å². The van der Waals surface area contributed by atoms with Crippen molar-refractivity contribution < 1.29 is 14.7 Å². The maximum Gasteiger partial charge on any atom is 0.328 e. The van der Waals surface area contributed by atoms with Gasteiger partial charge in [0, 0.05) is 12.6 Å². The molecule has 0 aliphatic carbocycles. The molecule has 0 saturated heterocycles. The number of carboxylic acids is 1. The average Bonchev–Trinajstić information content (AvgIpc) is 2.15. The van der Waals surface area contributed by atoms with Crippen molar-refractivity contribution in [2.24, 2.45) is 0 Å². The fourth-order valence-corrected chi connectivity index (χ4v) is 0.917. The Kier molecular flexibility index (Phi) is 4.35. The molecule has 0 aromatic rings. The summed E-state index contributed by atoms with van der Waals surface area (Å²) in [4.78, 5) is 24.2. The lowest BCUT2D eigenvalue weighted by Crippen LogP contribution is -2.57. The van der Waals surface area contributed by atoms with Crippen molar-refractivity contribution >= 4 is 12.0 Å². The normalized spacial score (nSPS) is 12.1. The van der Waals surface area contributed by atoms with E-state index in [1.807, 2.05) is 20.8 Å². The van der Waals surface area contributed by atoms with Crippen LogP contribution in [0.5, 0.6) is 0 Å². The zero-order valence-electron chi connectivity index (χ0n) is 10.9. The van der Waals surface area contributed by atoms with E-state index >= 15 is 0 Å². The van der Waals surface area contributed by atoms with Crippen LogP contribution in [-0.2, 0) is 4.79 Å². The van der Waals surface area contributed by atoms with Crippen molar-refractivity contribution in [1.82, 2.24) is 10.2 Å². The lowest BCUT2D eigenvalue weighted by Gasteiger charge is -2.36. The Bertz CT molecular complexity index is 285. The molecular formula is C11H22N2O3. The van der Waals surface area contributed by atoms with E-state index < -0.39 is 11.5 Å². The van der Waals surface area contributed by atoms with Gasteiger partial charge in [-0.05, 0) is 34.1 Å². The number of hydrogen-bond donors (Lipinski definition) is 2. The van der Waals surface area contributed by atoms with Crippen LogP contribution >= 0.6 is 0 Å². The van der Waals surface area contributed by atoms with Gasteiger partial charge in [0.2, 0.25) is 0 Å². The highest BCUT2D eigenvalue weighted by Crippen LogP contribution is 2.17. The van der Waals surface area contributed by atoms with Crippen LogP contribution in [0.2, 0.25) is 0 Å². The predicted octanol–water partition coefficient (Wildman–Crippen LogP) is 1.68. The van der Waals surface area contributed by atoms with Crippen molar-refractivity contribution in [3.05, 3.63) is 0 Å². The Hall–Kier alpha value is -1.26. The standard InChI is InChI=1S/C11H22N2O3/c1-7-10(2,3)13(6)9(16)12-11(4,5)8(14)15/h7H2,1-6H3,(H,12,16)(H,14,15). The van der Waals surface area contributed by atoms with E-state index in [4.69, 9.17) is 5.11 Å². The summed E-state index contributed by atoms with van der Waals surface area (Å²) in [5, 5.41) is 11.4. The van der Waals surface area contributed by atoms with Gasteiger partial charge in [0.1, 0.15) is 5.54 Å². The van der Waals surface area contributed by atoms with Crippen LogP contribution in [0.15, 0.2) is 0 Å². The van der Waals surface area contributed by atoms with E-state index in [1.54, 1.807) is 7.05 Å². The van der Waals surface area contributed by atoms with Gasteiger partial charge in [-0.25, -0.2) is 9.59 Å². The third-order valence-electron chi connectivity index (χ3n) is 3.03. The lowest BCUT2D eigenvalue weighted by molar-refractivity contribution is -0.143. The fourth-order valence-electron chi connectivity index (χ4n) is 0.917. The van der Waals surface area contributed by atoms with Crippen molar-refractivity contribution in [2.75, 3.05) is 7.05 Å². The van der Waals surface area contributed by atoms with Gasteiger partial charge in [-0.1, -0.05) is 6.92 Å². The van der Waals surface area contributed by atoms with Crippen LogP contribution in [-0.4, -0.2) is 40.1 Å². The van der Waals surface area contributed by atoms with Crippen LogP contribution in [0.3, 0.4) is 0 Å². The molecule has 0 saturated carbocycles. The first-order valence-corrected chi connectivity index (χ1v) is 5.34. The molecule has 0 radical (unpaired) electrons. The van der Waals surface area contributed by atoms with Gasteiger partial charge in [-0.15, -0.1) is 0 Å². The number of rotatable bonds is 4. The van der Waals surface area contributed by atoms with E-state index in [2.05, 4.69) is 5.32 Å². The van der Waals surface area contributed by atoms with E-state index in [0.717, 1.165) is 6.42 Å². The fraction of sp³-hybridized carbons (Fsp3) is 0.818. The Balaban J connectivity index is 4.67. The average molecular weight is 230 g/mol. The van der Waals surface area contributed by atoms with Crippen LogP contribution < -0.4 is 5.32 Å². The first-order chi connectivity index (χ1) is 7.04. The lowest BCUT2D eigenvalue weighted by atomic mass is 10.00. The van der Waals surface area contributed by atoms with Gasteiger partial charge in [0.25, 0.3) is 0 Å². The number of carbonyl (C=O) groups excluding carboxylic acids is 1. The molecule has 0 spiro atoms. The summed E-state index contributed by atoms with van der Waals surface area (Å²) in [7, 11) is 1.66. The minimum absolute atomic E-state index is 0.293. The monoisotopic (exact) mass is 230 g/mol. The summed E-state index contributed by atoms with van der Waals surface area (Å²) in [5.74, 6) is -1.05. The van der Waals surface area contributed by atoms with Crippen LogP contribution in [0.4, 0.5) is 4.79 Å². The molecule has 0 rings (SSSR count). The van der Waals surface area contributed by atoms with Gasteiger partial charge in [0.15, 0.2) is 0 Å². The van der Waals surface area contributed by atoms with E-state index in [9.17, 15) is 9.59 Å². The Morgan fingerprint density at radius 1 is 1.25 bits per heavy atom. The second kappa shape index (κ2) is 4.72. The van der Waals surface area contributed by atoms with Gasteiger partial charge in [0.05, 0.1) is 0 Å². The molecule has 0 aliphatic heterocycles. The number of amides is 2. The van der Waals surface area contributed by atoms with Gasteiger partial charge < -0.3 is 15.3 Å². The molecule has 0 heterocycles. The Labute approximate surface area is 96.8 Å². The maximum absolute atomic E-state index is 11.8. The van der Waals surface area contributed by atoms with Gasteiger partial charge in [-0.3, -0.25) is 0 Å². The number of nitrogens with one attached hydrogen (secondary N) is 1. The first kappa shape index (κ1) is 14.7. The molecule has 5 heteroatoms. The third kappa shape index (κ3) is 3.40. The first-order valence-electron chi connectivity index (χ1n) is 5.34. The van der Waals surface area contributed by atoms with E-state index in [1.165, 1.54) is 18.7 Å². The summed E-state index contributed by atoms with van der Waals surface area (Å²) in [6.45, 7) is 8.76. The molecule has 94 valence electrons. The molecule has 0 aromatic heterocycles. The molecule has 0 aliphatic rings. The quantitative estimate of drug-likeness (QED) is 0.772. The molecule has 2 amide bonds. The van der Waals surface area contributed by atoms with Crippen molar-refractivity contribution in [3.63, 3.8) is 0 Å². The molecule has 0 fully saturated rings. The Morgan fingerprint density at radius 2 is 1.69 bits per heavy atom. The smallest absolute Gasteiger partial charge is 0.328 e. The number of urea groups is 1. The van der Waals surface area contributed by atoms with Gasteiger partial charge in [-0.2, -0.15) is 0 Å². The molecule has 16 heavy (non-hydrogen) atoms. The summed E-state index contributed by atoms with van der Waals surface area (Å²) >= 11 is 0. The maximum atomic E-state index is 11.8. The van der Waals surface area contributed by atoms with Crippen LogP contribution in [0.25, 0.3) is 0 Å². The summed E-state index contributed by atoms with van der Waals surface area (Å²) in [6, 6.07) is -0.376. The third-order valence-corrected chi connectivity index (χ3v) is 3.03. The molecule has 0 bridgehead atoms. The SMILES string of the molecule is CCC(C)(C)N(C)C(=O)NC(C)(C)C(=O)O. The molecule has 5 nitrogen and oxygen atoms in total. The van der Waals surface area contributed by atoms with Crippen molar-refractivity contribution in [3.8, 4) is 0 Å². The van der Waals surface area contributed by atoms with Crippen LogP contribution in [0, 0.1) is 0 Å². The van der Waals surface area contributed by atoms with Crippen molar-refractivity contribution in [1.29, 1.82) is 0 Å². The second-order valence-corrected chi connectivity index (χ2v) is 5.09. The van der Waals surface area contributed by atoms with Crippen LogP contribution in [0.1, 0.15) is 41.0 Å². The topological polar surface area (TPSA) is 69.6 Å². The number of carboxylic acid groups (broad SMARTS) is 1. The zero-order valence-corrected chi connectivity index (χ0v) is 10.9. The number of hydrogen-bond acceptors (Lipinski definition) is 2. The van der Waals surface area contributed by atoms with E-state index in [-0.39, 0.29) is 11.6 Å². The molecule has 2 N–H and O–H groups in total. The van der Waals surface area contributed by atoms with Gasteiger partial charge >= 0.3 is 12.0 Å². The molecule has 0 atom stereocenters. The minimum Gasteiger partial charge on any atom is -0.480 e. The minimum atomic E-state index is -1.25. The molecular weight excluding hydrogens is 208 g/mol. The largest absolute Gasteiger partial charge is 0.480 e. The highest BCUT2D eigenvalue weighted by atomic mass is 16.4. The Morgan fingerprint density at radius 3 is 2.00 bits per heavy atom. The number of nitrogens with zero attached hydrogens (tertiary/aromatic N) is 1. The molecule has 0 aromatic carbocycles. The molecule has 0 unspecified atom stereocenters. The summed E-state index contributed by atoms with van der Waals surface area (Å²) < 4.78 is 0. The summed E-state index contributed by atoms with van der Waals surface area (Å²) in [6.07, 6.45) is 0.796. The number of aliphatic carboxylic acids is 1. The highest BCUT2D eigenvalue weighted by Gasteiger charge is 2.33.